The Hall–Kier alpha value is -3.05. The summed E-state index contributed by atoms with van der Waals surface area (Å²) in [6.45, 7) is 3.70. The van der Waals surface area contributed by atoms with Crippen LogP contribution in [0, 0.1) is 36.8 Å². The molecule has 126 valence electrons. The largest absolute Gasteiger partial charge is 0.319 e. The second-order valence-corrected chi connectivity index (χ2v) is 6.54. The van der Waals surface area contributed by atoms with Crippen LogP contribution in [0.5, 0.6) is 0 Å². The molecule has 0 aliphatic heterocycles. The maximum absolute atomic E-state index is 13.7. The molecule has 0 saturated heterocycles. The van der Waals surface area contributed by atoms with Crippen LogP contribution in [0.2, 0.25) is 0 Å². The quantitative estimate of drug-likeness (QED) is 0.571. The van der Waals surface area contributed by atoms with Gasteiger partial charge in [0.2, 0.25) is 0 Å². The molecule has 0 unspecified atom stereocenters. The van der Waals surface area contributed by atoms with Gasteiger partial charge in [-0.3, -0.25) is 9.20 Å². The van der Waals surface area contributed by atoms with E-state index in [4.69, 9.17) is 0 Å². The summed E-state index contributed by atoms with van der Waals surface area (Å²) in [6, 6.07) is 4.58. The van der Waals surface area contributed by atoms with E-state index in [9.17, 15) is 18.8 Å². The molecule has 2 aromatic heterocycles. The number of imidazole rings is 1. The van der Waals surface area contributed by atoms with Crippen molar-refractivity contribution in [3.63, 3.8) is 0 Å². The molecule has 2 heterocycles. The Morgan fingerprint density at radius 2 is 2.16 bits per heavy atom. The Bertz CT molecular complexity index is 1060. The van der Waals surface area contributed by atoms with Crippen LogP contribution in [0.3, 0.4) is 0 Å². The number of rotatable bonds is 3. The first-order valence-electron chi connectivity index (χ1n) is 7.22. The third-order valence-electron chi connectivity index (χ3n) is 3.49. The molecule has 25 heavy (non-hydrogen) atoms. The summed E-state index contributed by atoms with van der Waals surface area (Å²) in [5.74, 6) is -2.45. The second kappa shape index (κ2) is 6.45. The highest BCUT2D eigenvalue weighted by atomic mass is 32.1. The maximum Gasteiger partial charge on any atom is 0.266 e. The highest BCUT2D eigenvalue weighted by Crippen LogP contribution is 2.23. The van der Waals surface area contributed by atoms with Gasteiger partial charge in [-0.1, -0.05) is 0 Å². The van der Waals surface area contributed by atoms with Crippen LogP contribution in [0.25, 0.3) is 11.0 Å². The minimum Gasteiger partial charge on any atom is -0.319 e. The van der Waals surface area contributed by atoms with Gasteiger partial charge >= 0.3 is 0 Å². The first-order valence-corrected chi connectivity index (χ1v) is 8.04. The van der Waals surface area contributed by atoms with Crippen molar-refractivity contribution in [1.29, 1.82) is 5.26 Å². The first-order chi connectivity index (χ1) is 11.9. The van der Waals surface area contributed by atoms with E-state index in [1.54, 1.807) is 17.4 Å². The van der Waals surface area contributed by atoms with Crippen molar-refractivity contribution in [3.8, 4) is 6.07 Å². The molecule has 0 spiro atoms. The second-order valence-electron chi connectivity index (χ2n) is 5.32. The molecule has 0 saturated carbocycles. The van der Waals surface area contributed by atoms with Gasteiger partial charge in [0.05, 0.1) is 17.1 Å². The average Bonchev–Trinajstić information content (AvgIpc) is 3.03. The molecule has 1 N–H and O–H groups in total. The van der Waals surface area contributed by atoms with E-state index in [-0.39, 0.29) is 11.3 Å². The molecule has 0 aliphatic carbocycles. The number of hydrogen-bond donors (Lipinski definition) is 1. The summed E-state index contributed by atoms with van der Waals surface area (Å²) in [5.41, 5.74) is 0.858. The third-order valence-corrected chi connectivity index (χ3v) is 4.39. The zero-order chi connectivity index (χ0) is 18.1. The summed E-state index contributed by atoms with van der Waals surface area (Å²) < 4.78 is 28.4. The molecule has 8 heteroatoms. The molecule has 0 radical (unpaired) electrons. The fourth-order valence-electron chi connectivity index (χ4n) is 2.32. The molecule has 0 atom stereocenters. The van der Waals surface area contributed by atoms with Crippen LogP contribution in [0.15, 0.2) is 30.0 Å². The van der Waals surface area contributed by atoms with Crippen LogP contribution in [-0.4, -0.2) is 15.3 Å². The summed E-state index contributed by atoms with van der Waals surface area (Å²) >= 11 is 1.49. The Kier molecular flexibility index (Phi) is 4.33. The molecule has 3 rings (SSSR count). The fourth-order valence-corrected chi connectivity index (χ4v) is 3.20. The van der Waals surface area contributed by atoms with Gasteiger partial charge in [-0.15, -0.1) is 11.3 Å². The van der Waals surface area contributed by atoms with E-state index >= 15 is 0 Å². The topological polar surface area (TPSA) is 70.2 Å². The fraction of sp³-hybridized carbons (Fsp3) is 0.118. The maximum atomic E-state index is 13.7. The summed E-state index contributed by atoms with van der Waals surface area (Å²) in [4.78, 5) is 18.4. The number of nitrogens with zero attached hydrogens (tertiary/aromatic N) is 3. The van der Waals surface area contributed by atoms with Crippen LogP contribution in [-0.2, 0) is 4.79 Å². The lowest BCUT2D eigenvalue weighted by atomic mass is 10.2. The number of hydrogen-bond acceptors (Lipinski definition) is 4. The Morgan fingerprint density at radius 1 is 1.40 bits per heavy atom. The van der Waals surface area contributed by atoms with E-state index in [0.717, 1.165) is 22.0 Å². The number of anilines is 1. The van der Waals surface area contributed by atoms with E-state index < -0.39 is 17.5 Å². The van der Waals surface area contributed by atoms with Gasteiger partial charge in [-0.2, -0.15) is 5.26 Å². The molecule has 5 nitrogen and oxygen atoms in total. The number of benzene rings is 1. The SMILES string of the molecule is Cc1cn2c(C=C(C#N)C(=O)Nc3ccc(F)cc3F)c(C)nc2s1. The van der Waals surface area contributed by atoms with Gasteiger partial charge in [0.25, 0.3) is 5.91 Å². The Balaban J connectivity index is 1.95. The van der Waals surface area contributed by atoms with E-state index in [1.807, 2.05) is 13.1 Å². The number of aromatic nitrogens is 2. The number of thiazole rings is 1. The zero-order valence-electron chi connectivity index (χ0n) is 13.3. The number of nitrogens with one attached hydrogen (secondary N) is 1. The minimum absolute atomic E-state index is 0.200. The number of fused-ring (bicyclic) bond motifs is 1. The van der Waals surface area contributed by atoms with Gasteiger partial charge in [0.15, 0.2) is 4.96 Å². The van der Waals surface area contributed by atoms with Crippen molar-refractivity contribution in [2.45, 2.75) is 13.8 Å². The molecule has 3 aromatic rings. The van der Waals surface area contributed by atoms with E-state index in [0.29, 0.717) is 17.5 Å². The van der Waals surface area contributed by atoms with E-state index in [1.165, 1.54) is 17.4 Å². The standard InChI is InChI=1S/C17H12F2N4OS/c1-9-8-23-15(10(2)21-17(23)25-9)5-11(7-20)16(24)22-14-4-3-12(18)6-13(14)19/h3-6,8H,1-2H3,(H,22,24). The molecule has 0 fully saturated rings. The smallest absolute Gasteiger partial charge is 0.266 e. The monoisotopic (exact) mass is 358 g/mol. The van der Waals surface area contributed by atoms with Gasteiger partial charge in [-0.25, -0.2) is 13.8 Å². The van der Waals surface area contributed by atoms with Crippen LogP contribution < -0.4 is 5.32 Å². The van der Waals surface area contributed by atoms with Crippen molar-refractivity contribution >= 4 is 34.0 Å². The Morgan fingerprint density at radius 3 is 2.84 bits per heavy atom. The van der Waals surface area contributed by atoms with Gasteiger partial charge < -0.3 is 5.32 Å². The average molecular weight is 358 g/mol. The number of carbonyl (C=O) groups is 1. The molecular weight excluding hydrogens is 346 g/mol. The molecule has 0 aliphatic rings. The highest BCUT2D eigenvalue weighted by molar-refractivity contribution is 7.17. The molecule has 0 bridgehead atoms. The van der Waals surface area contributed by atoms with Crippen molar-refractivity contribution in [3.05, 3.63) is 57.9 Å². The highest BCUT2D eigenvalue weighted by Gasteiger charge is 2.16. The Labute approximate surface area is 145 Å². The summed E-state index contributed by atoms with van der Waals surface area (Å²) in [6.07, 6.45) is 3.26. The lowest BCUT2D eigenvalue weighted by molar-refractivity contribution is -0.112. The van der Waals surface area contributed by atoms with Crippen molar-refractivity contribution in [1.82, 2.24) is 9.38 Å². The van der Waals surface area contributed by atoms with Crippen molar-refractivity contribution < 1.29 is 13.6 Å². The number of amides is 1. The number of aryl methyl sites for hydroxylation is 2. The van der Waals surface area contributed by atoms with Crippen molar-refractivity contribution in [2.75, 3.05) is 5.32 Å². The van der Waals surface area contributed by atoms with Gasteiger partial charge in [0, 0.05) is 17.1 Å². The number of carbonyl (C=O) groups excluding carboxylic acids is 1. The predicted octanol–water partition coefficient (Wildman–Crippen LogP) is 3.84. The van der Waals surface area contributed by atoms with Crippen LogP contribution in [0.1, 0.15) is 16.3 Å². The summed E-state index contributed by atoms with van der Waals surface area (Å²) in [5, 5.41) is 11.6. The van der Waals surface area contributed by atoms with Gasteiger partial charge in [0.1, 0.15) is 23.3 Å². The molecule has 1 aromatic carbocycles. The van der Waals surface area contributed by atoms with Crippen molar-refractivity contribution in [2.24, 2.45) is 0 Å². The van der Waals surface area contributed by atoms with Crippen LogP contribution in [0.4, 0.5) is 14.5 Å². The zero-order valence-corrected chi connectivity index (χ0v) is 14.1. The lowest BCUT2D eigenvalue weighted by Gasteiger charge is -2.05. The third kappa shape index (κ3) is 3.27. The molecule has 1 amide bonds. The number of nitriles is 1. The predicted molar refractivity (Wildman–Crippen MR) is 91.1 cm³/mol. The first kappa shape index (κ1) is 16.8. The minimum atomic E-state index is -0.915. The van der Waals surface area contributed by atoms with Crippen LogP contribution >= 0.6 is 11.3 Å². The number of halogens is 2. The lowest BCUT2D eigenvalue weighted by Crippen LogP contribution is -2.14. The van der Waals surface area contributed by atoms with Gasteiger partial charge in [-0.05, 0) is 32.1 Å². The molecular formula is C17H12F2N4OS. The van der Waals surface area contributed by atoms with E-state index in [2.05, 4.69) is 10.3 Å². The normalized spacial score (nSPS) is 11.6. The summed E-state index contributed by atoms with van der Waals surface area (Å²) in [7, 11) is 0.